The molecule has 0 spiro atoms. The van der Waals surface area contributed by atoms with Crippen molar-refractivity contribution in [3.63, 3.8) is 0 Å². The molecule has 0 unspecified atom stereocenters. The van der Waals surface area contributed by atoms with Crippen LogP contribution in [0.1, 0.15) is 137 Å². The number of ketones is 3. The predicted octanol–water partition coefficient (Wildman–Crippen LogP) is 0.418. The van der Waals surface area contributed by atoms with Crippen LogP contribution in [0, 0.1) is 32.5 Å². The average Bonchev–Trinajstić information content (AvgIpc) is 2.85. The summed E-state index contributed by atoms with van der Waals surface area (Å²) >= 11 is 0. The van der Waals surface area contributed by atoms with Crippen molar-refractivity contribution >= 4 is 35.3 Å². The molecule has 0 saturated heterocycles. The van der Waals surface area contributed by atoms with Crippen molar-refractivity contribution in [3.05, 3.63) is 35.5 Å². The van der Waals surface area contributed by atoms with Gasteiger partial charge in [0.25, 0.3) is 0 Å². The Morgan fingerprint density at radius 3 is 0.648 bits per heavy atom. The average molecular weight is 851 g/mol. The van der Waals surface area contributed by atoms with Gasteiger partial charge in [-0.1, -0.05) is 125 Å². The van der Waals surface area contributed by atoms with E-state index in [1.165, 1.54) is 18.2 Å². The van der Waals surface area contributed by atoms with E-state index in [2.05, 4.69) is 0 Å². The van der Waals surface area contributed by atoms with Crippen molar-refractivity contribution < 1.29 is 98.7 Å². The van der Waals surface area contributed by atoms with Gasteiger partial charge in [-0.15, -0.1) is 17.3 Å². The van der Waals surface area contributed by atoms with E-state index in [4.69, 9.17) is 5.11 Å². The van der Waals surface area contributed by atoms with E-state index in [1.807, 2.05) is 125 Å². The van der Waals surface area contributed by atoms with Gasteiger partial charge < -0.3 is 50.1 Å². The Balaban J connectivity index is -0.000000140. The van der Waals surface area contributed by atoms with Crippen LogP contribution in [0.5, 0.6) is 0 Å². The molecule has 13 nitrogen and oxygen atoms in total. The zero-order chi connectivity index (χ0) is 43.2. The first-order valence-corrected chi connectivity index (χ1v) is 16.6. The molecular formula is C39H62Fe2O13. The van der Waals surface area contributed by atoms with Crippen molar-refractivity contribution in [1.82, 2.24) is 0 Å². The van der Waals surface area contributed by atoms with Gasteiger partial charge in [-0.25, -0.2) is 0 Å². The molecule has 0 fully saturated rings. The molecule has 0 atom stereocenters. The monoisotopic (exact) mass is 850 g/mol. The molecule has 15 heteroatoms. The van der Waals surface area contributed by atoms with Crippen molar-refractivity contribution in [2.75, 3.05) is 0 Å². The molecular weight excluding hydrogens is 788 g/mol. The number of hydrogen-bond donors (Lipinski definition) is 1. The fraction of sp³-hybridized carbons (Fsp3) is 0.692. The van der Waals surface area contributed by atoms with E-state index in [9.17, 15) is 59.4 Å². The standard InChI is InChI=1S/3C11H20O2.C6H8O7.2Fe/c3*1-10(2,3)8(12)7-9(13)11(4,5)6;7-3(8)1-6(13,5(11)12)2-4(9)10;;/h3*7,12H,1-6H3;13H,1-2H2,(H,7,8)(H,9,10)(H,11,12);;/q;;;;2*+3/p-6/b3*8-7-;;;. The largest absolute Gasteiger partial charge is 3.00 e. The van der Waals surface area contributed by atoms with Crippen LogP contribution >= 0.6 is 0 Å². The Bertz CT molecular complexity index is 1210. The number of carbonyl (C=O) groups excluding carboxylic acids is 6. The normalized spacial score (nSPS) is 13.1. The van der Waals surface area contributed by atoms with Crippen LogP contribution in [0.3, 0.4) is 0 Å². The van der Waals surface area contributed by atoms with Gasteiger partial charge >= 0.3 is 34.1 Å². The minimum absolute atomic E-state index is 0. The van der Waals surface area contributed by atoms with Gasteiger partial charge in [0.2, 0.25) is 0 Å². The van der Waals surface area contributed by atoms with Gasteiger partial charge in [-0.2, -0.15) is 0 Å². The first kappa shape index (κ1) is 63.0. The number of aliphatic hydroxyl groups is 1. The van der Waals surface area contributed by atoms with E-state index in [-0.39, 0.29) is 68.8 Å². The summed E-state index contributed by atoms with van der Waals surface area (Å²) in [6, 6.07) is 0. The van der Waals surface area contributed by atoms with Crippen molar-refractivity contribution in [2.45, 2.75) is 143 Å². The molecule has 0 aliphatic heterocycles. The van der Waals surface area contributed by atoms with Crippen molar-refractivity contribution in [2.24, 2.45) is 32.5 Å². The summed E-state index contributed by atoms with van der Waals surface area (Å²) in [6.07, 6.45) is 0.951. The smallest absolute Gasteiger partial charge is 0.875 e. The Morgan fingerprint density at radius 1 is 0.389 bits per heavy atom. The number of aliphatic carboxylic acids is 3. The molecule has 0 amide bonds. The molecule has 0 aliphatic rings. The summed E-state index contributed by atoms with van der Waals surface area (Å²) in [5, 5.41) is 73.3. The van der Waals surface area contributed by atoms with Gasteiger partial charge in [0.1, 0.15) is 5.60 Å². The predicted molar refractivity (Wildman–Crippen MR) is 185 cm³/mol. The molecule has 312 valence electrons. The molecule has 2 radical (unpaired) electrons. The van der Waals surface area contributed by atoms with Crippen LogP contribution in [0.4, 0.5) is 0 Å². The van der Waals surface area contributed by atoms with Gasteiger partial charge in [0.05, 0.1) is 5.97 Å². The molecule has 54 heavy (non-hydrogen) atoms. The zero-order valence-electron chi connectivity index (χ0n) is 35.2. The van der Waals surface area contributed by atoms with Crippen molar-refractivity contribution in [1.29, 1.82) is 0 Å². The SMILES string of the molecule is CC(C)(C)C(=O)/C=C(\[O-])C(C)(C)C.CC(C)(C)C(=O)/C=C(\[O-])C(C)(C)C.CC(C)(C)C(=O)/C=C(\[O-])C(C)(C)C.O=C([O-])CC(O)(CC(=O)[O-])C(=O)[O-].[Fe+3].[Fe+3]. The molecule has 1 N–H and O–H groups in total. The van der Waals surface area contributed by atoms with E-state index in [1.54, 1.807) is 0 Å². The van der Waals surface area contributed by atoms with Crippen LogP contribution in [0.2, 0.25) is 0 Å². The molecule has 0 saturated carbocycles. The molecule has 0 rings (SSSR count). The second kappa shape index (κ2) is 23.8. The number of rotatable bonds is 8. The summed E-state index contributed by atoms with van der Waals surface area (Å²) in [5.41, 5.74) is -5.72. The van der Waals surface area contributed by atoms with Gasteiger partial charge in [-0.05, 0) is 34.5 Å². The summed E-state index contributed by atoms with van der Waals surface area (Å²) in [7, 11) is 0. The van der Waals surface area contributed by atoms with Gasteiger partial charge in [-0.3, -0.25) is 14.4 Å². The fourth-order valence-electron chi connectivity index (χ4n) is 2.34. The Hall–Kier alpha value is -2.96. The maximum Gasteiger partial charge on any atom is 3.00 e. The summed E-state index contributed by atoms with van der Waals surface area (Å²) in [5.74, 6) is -6.61. The summed E-state index contributed by atoms with van der Waals surface area (Å²) < 4.78 is 0. The van der Waals surface area contributed by atoms with E-state index >= 15 is 0 Å². The third kappa shape index (κ3) is 30.4. The van der Waals surface area contributed by atoms with Gasteiger partial charge in [0, 0.05) is 41.0 Å². The third-order valence-electron chi connectivity index (χ3n) is 6.48. The Kier molecular flexibility index (Phi) is 27.8. The zero-order valence-corrected chi connectivity index (χ0v) is 37.4. The topological polar surface area (TPSA) is 261 Å². The number of carboxylic acids is 3. The second-order valence-corrected chi connectivity index (χ2v) is 18.5. The number of hydrogen-bond acceptors (Lipinski definition) is 13. The number of allylic oxidation sites excluding steroid dienone is 6. The van der Waals surface area contributed by atoms with E-state index in [0.29, 0.717) is 0 Å². The first-order valence-electron chi connectivity index (χ1n) is 16.6. The van der Waals surface area contributed by atoms with Crippen LogP contribution in [-0.4, -0.2) is 46.0 Å². The van der Waals surface area contributed by atoms with Crippen LogP contribution < -0.4 is 30.6 Å². The molecule has 0 aromatic heterocycles. The van der Waals surface area contributed by atoms with Crippen LogP contribution in [0.25, 0.3) is 0 Å². The Labute approximate surface area is 343 Å². The maximum atomic E-state index is 11.4. The quantitative estimate of drug-likeness (QED) is 0.198. The summed E-state index contributed by atoms with van der Waals surface area (Å²) in [6.45, 7) is 32.5. The van der Waals surface area contributed by atoms with Crippen LogP contribution in [-0.2, 0) is 62.9 Å². The molecule has 0 aromatic carbocycles. The molecule has 0 bridgehead atoms. The van der Waals surface area contributed by atoms with Crippen LogP contribution in [0.15, 0.2) is 35.5 Å². The summed E-state index contributed by atoms with van der Waals surface area (Å²) in [4.78, 5) is 64.3. The maximum absolute atomic E-state index is 11.4. The third-order valence-corrected chi connectivity index (χ3v) is 6.48. The molecule has 0 aliphatic carbocycles. The number of carboxylic acid groups (broad SMARTS) is 3. The molecule has 0 heterocycles. The van der Waals surface area contributed by atoms with Crippen molar-refractivity contribution in [3.8, 4) is 0 Å². The van der Waals surface area contributed by atoms with E-state index in [0.717, 1.165) is 0 Å². The molecule has 0 aromatic rings. The number of carbonyl (C=O) groups is 6. The second-order valence-electron chi connectivity index (χ2n) is 18.5. The first-order chi connectivity index (χ1) is 22.4. The minimum atomic E-state index is -2.97. The Morgan fingerprint density at radius 2 is 0.556 bits per heavy atom. The van der Waals surface area contributed by atoms with E-state index < -0.39 is 68.8 Å². The fourth-order valence-corrected chi connectivity index (χ4v) is 2.34. The van der Waals surface area contributed by atoms with Gasteiger partial charge in [0.15, 0.2) is 17.3 Å². The minimum Gasteiger partial charge on any atom is -0.875 e.